The molecule has 3 rings (SSSR count). The second-order valence-corrected chi connectivity index (χ2v) is 6.04. The summed E-state index contributed by atoms with van der Waals surface area (Å²) in [6, 6.07) is 5.93. The van der Waals surface area contributed by atoms with Crippen molar-refractivity contribution >= 4 is 28.8 Å². The van der Waals surface area contributed by atoms with Crippen LogP contribution in [0.4, 0.5) is 11.5 Å². The van der Waals surface area contributed by atoms with Crippen molar-refractivity contribution in [2.75, 3.05) is 43.5 Å². The van der Waals surface area contributed by atoms with E-state index in [-0.39, 0.29) is 0 Å². The standard InChI is InChI=1S/C17H21N5OS/c1-13-11-14(23-2)3-4-15(13)20-17(24)22-9-7-21(8-10-22)16-12-18-5-6-19-16/h3-6,11-12H,7-10H2,1-2H3,(H,20,24). The van der Waals surface area contributed by atoms with Crippen LogP contribution in [0.5, 0.6) is 5.75 Å². The lowest BCUT2D eigenvalue weighted by atomic mass is 10.2. The number of piperazine rings is 1. The second-order valence-electron chi connectivity index (χ2n) is 5.65. The van der Waals surface area contributed by atoms with Crippen molar-refractivity contribution in [1.82, 2.24) is 14.9 Å². The zero-order valence-electron chi connectivity index (χ0n) is 13.9. The van der Waals surface area contributed by atoms with Gasteiger partial charge in [0.25, 0.3) is 0 Å². The molecular weight excluding hydrogens is 322 g/mol. The average molecular weight is 343 g/mol. The molecule has 1 aliphatic heterocycles. The summed E-state index contributed by atoms with van der Waals surface area (Å²) in [5, 5.41) is 4.09. The molecule has 2 heterocycles. The van der Waals surface area contributed by atoms with Gasteiger partial charge in [-0.2, -0.15) is 0 Å². The predicted octanol–water partition coefficient (Wildman–Crippen LogP) is 2.31. The van der Waals surface area contributed by atoms with E-state index in [1.165, 1.54) is 0 Å². The molecule has 0 aliphatic carbocycles. The summed E-state index contributed by atoms with van der Waals surface area (Å²) in [5.41, 5.74) is 2.12. The van der Waals surface area contributed by atoms with E-state index in [2.05, 4.69) is 25.1 Å². The van der Waals surface area contributed by atoms with E-state index in [0.717, 1.165) is 54.1 Å². The first-order chi connectivity index (χ1) is 11.7. The summed E-state index contributed by atoms with van der Waals surface area (Å²) in [7, 11) is 1.67. The van der Waals surface area contributed by atoms with Gasteiger partial charge in [-0.25, -0.2) is 4.98 Å². The van der Waals surface area contributed by atoms with Crippen LogP contribution in [0.15, 0.2) is 36.8 Å². The zero-order valence-corrected chi connectivity index (χ0v) is 14.7. The number of nitrogens with one attached hydrogen (secondary N) is 1. The Kier molecular flexibility index (Phi) is 5.10. The van der Waals surface area contributed by atoms with E-state index < -0.39 is 0 Å². The van der Waals surface area contributed by atoms with E-state index in [4.69, 9.17) is 17.0 Å². The van der Waals surface area contributed by atoms with Gasteiger partial charge in [0, 0.05) is 44.3 Å². The van der Waals surface area contributed by atoms with Crippen molar-refractivity contribution in [3.63, 3.8) is 0 Å². The summed E-state index contributed by atoms with van der Waals surface area (Å²) >= 11 is 5.57. The molecule has 0 unspecified atom stereocenters. The molecule has 0 bridgehead atoms. The minimum atomic E-state index is 0.752. The van der Waals surface area contributed by atoms with Gasteiger partial charge in [0.2, 0.25) is 0 Å². The maximum Gasteiger partial charge on any atom is 0.173 e. The smallest absolute Gasteiger partial charge is 0.173 e. The Morgan fingerprint density at radius 2 is 2.00 bits per heavy atom. The fraction of sp³-hybridized carbons (Fsp3) is 0.353. The normalized spacial score (nSPS) is 14.4. The van der Waals surface area contributed by atoms with Crippen LogP contribution < -0.4 is 15.0 Å². The number of aromatic nitrogens is 2. The molecule has 0 spiro atoms. The van der Waals surface area contributed by atoms with Gasteiger partial charge >= 0.3 is 0 Å². The van der Waals surface area contributed by atoms with Gasteiger partial charge in [-0.3, -0.25) is 4.98 Å². The lowest BCUT2D eigenvalue weighted by molar-refractivity contribution is 0.389. The van der Waals surface area contributed by atoms with Gasteiger partial charge in [0.05, 0.1) is 13.3 Å². The monoisotopic (exact) mass is 343 g/mol. The minimum absolute atomic E-state index is 0.752. The molecule has 0 radical (unpaired) electrons. The van der Waals surface area contributed by atoms with E-state index >= 15 is 0 Å². The molecule has 1 aromatic carbocycles. The van der Waals surface area contributed by atoms with Gasteiger partial charge in [0.1, 0.15) is 11.6 Å². The van der Waals surface area contributed by atoms with Crippen LogP contribution in [0.2, 0.25) is 0 Å². The molecular formula is C17H21N5OS. The number of anilines is 2. The highest BCUT2D eigenvalue weighted by Gasteiger charge is 2.20. The van der Waals surface area contributed by atoms with E-state index in [0.29, 0.717) is 0 Å². The number of hydrogen-bond donors (Lipinski definition) is 1. The first-order valence-electron chi connectivity index (χ1n) is 7.89. The van der Waals surface area contributed by atoms with Crippen molar-refractivity contribution in [2.45, 2.75) is 6.92 Å². The van der Waals surface area contributed by atoms with Crippen LogP contribution in [-0.4, -0.2) is 53.3 Å². The summed E-state index contributed by atoms with van der Waals surface area (Å²) in [6.07, 6.45) is 5.21. The number of nitrogens with zero attached hydrogens (tertiary/aromatic N) is 4. The van der Waals surface area contributed by atoms with E-state index in [9.17, 15) is 0 Å². The Bertz CT molecular complexity index is 701. The summed E-state index contributed by atoms with van der Waals surface area (Å²) in [5.74, 6) is 1.77. The number of hydrogen-bond acceptors (Lipinski definition) is 5. The Balaban J connectivity index is 1.57. The number of thiocarbonyl (C=S) groups is 1. The van der Waals surface area contributed by atoms with Crippen LogP contribution in [-0.2, 0) is 0 Å². The van der Waals surface area contributed by atoms with Gasteiger partial charge in [0.15, 0.2) is 5.11 Å². The van der Waals surface area contributed by atoms with Gasteiger partial charge in [-0.1, -0.05) is 0 Å². The molecule has 1 fully saturated rings. The number of benzene rings is 1. The number of rotatable bonds is 3. The van der Waals surface area contributed by atoms with Crippen molar-refractivity contribution in [3.8, 4) is 5.75 Å². The third kappa shape index (κ3) is 3.73. The molecule has 7 heteroatoms. The molecule has 1 aromatic heterocycles. The van der Waals surface area contributed by atoms with Crippen molar-refractivity contribution in [1.29, 1.82) is 0 Å². The fourth-order valence-corrected chi connectivity index (χ4v) is 2.98. The minimum Gasteiger partial charge on any atom is -0.497 e. The molecule has 2 aromatic rings. The van der Waals surface area contributed by atoms with Crippen LogP contribution in [0, 0.1) is 6.92 Å². The molecule has 1 N–H and O–H groups in total. The summed E-state index contributed by atoms with van der Waals surface area (Å²) in [4.78, 5) is 12.9. The lowest BCUT2D eigenvalue weighted by Crippen LogP contribution is -2.50. The Labute approximate surface area is 147 Å². The van der Waals surface area contributed by atoms with Crippen LogP contribution >= 0.6 is 12.2 Å². The first kappa shape index (κ1) is 16.4. The third-order valence-corrected chi connectivity index (χ3v) is 4.48. The highest BCUT2D eigenvalue weighted by atomic mass is 32.1. The summed E-state index contributed by atoms with van der Waals surface area (Å²) < 4.78 is 5.24. The van der Waals surface area contributed by atoms with Crippen molar-refractivity contribution in [2.24, 2.45) is 0 Å². The highest BCUT2D eigenvalue weighted by Crippen LogP contribution is 2.21. The molecule has 0 amide bonds. The number of ether oxygens (including phenoxy) is 1. The second kappa shape index (κ2) is 7.44. The lowest BCUT2D eigenvalue weighted by Gasteiger charge is -2.36. The molecule has 126 valence electrons. The Hall–Kier alpha value is -2.41. The highest BCUT2D eigenvalue weighted by molar-refractivity contribution is 7.80. The molecule has 1 aliphatic rings. The first-order valence-corrected chi connectivity index (χ1v) is 8.30. The SMILES string of the molecule is COc1ccc(NC(=S)N2CCN(c3cnccn3)CC2)c(C)c1. The topological polar surface area (TPSA) is 53.5 Å². The van der Waals surface area contributed by atoms with Crippen molar-refractivity contribution in [3.05, 3.63) is 42.4 Å². The molecule has 1 saturated heterocycles. The van der Waals surface area contributed by atoms with Crippen LogP contribution in [0.25, 0.3) is 0 Å². The van der Waals surface area contributed by atoms with E-state index in [1.807, 2.05) is 25.1 Å². The van der Waals surface area contributed by atoms with Crippen LogP contribution in [0.3, 0.4) is 0 Å². The van der Waals surface area contributed by atoms with Crippen molar-refractivity contribution < 1.29 is 4.74 Å². The van der Waals surface area contributed by atoms with Gasteiger partial charge < -0.3 is 19.9 Å². The molecule has 0 saturated carbocycles. The maximum absolute atomic E-state index is 5.57. The quantitative estimate of drug-likeness (QED) is 0.858. The largest absolute Gasteiger partial charge is 0.497 e. The average Bonchev–Trinajstić information content (AvgIpc) is 2.64. The summed E-state index contributed by atoms with van der Waals surface area (Å²) in [6.45, 7) is 5.51. The number of aryl methyl sites for hydroxylation is 1. The molecule has 0 atom stereocenters. The molecule has 6 nitrogen and oxygen atoms in total. The zero-order chi connectivity index (χ0) is 16.9. The Morgan fingerprint density at radius 3 is 2.62 bits per heavy atom. The van der Waals surface area contributed by atoms with Gasteiger partial charge in [-0.05, 0) is 42.9 Å². The van der Waals surface area contributed by atoms with Crippen LogP contribution in [0.1, 0.15) is 5.56 Å². The molecule has 24 heavy (non-hydrogen) atoms. The predicted molar refractivity (Wildman–Crippen MR) is 99.8 cm³/mol. The Morgan fingerprint density at radius 1 is 1.21 bits per heavy atom. The fourth-order valence-electron chi connectivity index (χ4n) is 2.69. The number of methoxy groups -OCH3 is 1. The van der Waals surface area contributed by atoms with E-state index in [1.54, 1.807) is 25.7 Å². The third-order valence-electron chi connectivity index (χ3n) is 4.12. The maximum atomic E-state index is 5.57. The van der Waals surface area contributed by atoms with Gasteiger partial charge in [-0.15, -0.1) is 0 Å².